The normalized spacial score (nSPS) is 34.1. The van der Waals surface area contributed by atoms with Gasteiger partial charge < -0.3 is 10.2 Å². The average molecular weight is 237 g/mol. The molecule has 1 N–H and O–H groups in total. The van der Waals surface area contributed by atoms with Gasteiger partial charge in [0.1, 0.15) is 0 Å². The van der Waals surface area contributed by atoms with E-state index in [0.717, 1.165) is 0 Å². The van der Waals surface area contributed by atoms with E-state index < -0.39 is 0 Å². The fourth-order valence-corrected chi connectivity index (χ4v) is 3.28. The third kappa shape index (κ3) is 3.30. The zero-order valence-corrected chi connectivity index (χ0v) is 10.6. The summed E-state index contributed by atoms with van der Waals surface area (Å²) in [5.74, 6) is 2.67. The van der Waals surface area contributed by atoms with Crippen molar-refractivity contribution < 1.29 is 0 Å². The van der Waals surface area contributed by atoms with Crippen molar-refractivity contribution in [2.75, 3.05) is 44.2 Å². The maximum absolute atomic E-state index is 3.47. The molecule has 0 aromatic carbocycles. The number of hydrogen-bond acceptors (Lipinski definition) is 3. The molecule has 0 aliphatic carbocycles. The summed E-state index contributed by atoms with van der Waals surface area (Å²) in [5.41, 5.74) is 0.558. The summed E-state index contributed by atoms with van der Waals surface area (Å²) >= 11 is 2.10. The highest BCUT2D eigenvalue weighted by molar-refractivity contribution is 7.99. The standard InChI is InChI=1S/C10H20N2S.ClH/c1-10(2-3-11-8-10)9-12-4-6-13-7-5-12;/h11H,2-9H2,1H3;1H. The summed E-state index contributed by atoms with van der Waals surface area (Å²) in [7, 11) is 0. The molecule has 0 aromatic rings. The van der Waals surface area contributed by atoms with Gasteiger partial charge in [0.05, 0.1) is 0 Å². The van der Waals surface area contributed by atoms with E-state index >= 15 is 0 Å². The smallest absolute Gasteiger partial charge is 0.00729 e. The number of nitrogens with zero attached hydrogens (tertiary/aromatic N) is 1. The van der Waals surface area contributed by atoms with Crippen molar-refractivity contribution in [2.45, 2.75) is 13.3 Å². The van der Waals surface area contributed by atoms with Crippen LogP contribution in [0.4, 0.5) is 0 Å². The Kier molecular flexibility index (Phi) is 5.04. The first kappa shape index (κ1) is 12.6. The number of halogens is 1. The number of rotatable bonds is 2. The number of hydrogen-bond donors (Lipinski definition) is 1. The fourth-order valence-electron chi connectivity index (χ4n) is 2.30. The van der Waals surface area contributed by atoms with Crippen molar-refractivity contribution in [3.63, 3.8) is 0 Å². The molecule has 4 heteroatoms. The van der Waals surface area contributed by atoms with Crippen molar-refractivity contribution >= 4 is 24.2 Å². The molecule has 2 aliphatic rings. The van der Waals surface area contributed by atoms with Gasteiger partial charge in [0.15, 0.2) is 0 Å². The Bertz CT molecular complexity index is 166. The Labute approximate surface area is 97.6 Å². The Hall–Kier alpha value is 0.560. The summed E-state index contributed by atoms with van der Waals surface area (Å²) in [5, 5.41) is 3.47. The monoisotopic (exact) mass is 236 g/mol. The van der Waals surface area contributed by atoms with Crippen LogP contribution in [0, 0.1) is 5.41 Å². The van der Waals surface area contributed by atoms with E-state index in [-0.39, 0.29) is 12.4 Å². The first-order valence-electron chi connectivity index (χ1n) is 5.29. The lowest BCUT2D eigenvalue weighted by Gasteiger charge is -2.34. The van der Waals surface area contributed by atoms with Gasteiger partial charge in [-0.15, -0.1) is 12.4 Å². The lowest BCUT2D eigenvalue weighted by molar-refractivity contribution is 0.191. The van der Waals surface area contributed by atoms with Gasteiger partial charge in [0.2, 0.25) is 0 Å². The molecule has 1 atom stereocenters. The van der Waals surface area contributed by atoms with Gasteiger partial charge in [0, 0.05) is 37.7 Å². The Morgan fingerprint density at radius 1 is 1.36 bits per heavy atom. The first-order valence-corrected chi connectivity index (χ1v) is 6.45. The highest BCUT2D eigenvalue weighted by Crippen LogP contribution is 2.26. The second kappa shape index (κ2) is 5.59. The summed E-state index contributed by atoms with van der Waals surface area (Å²) in [6.07, 6.45) is 1.36. The molecule has 0 bridgehead atoms. The zero-order valence-electron chi connectivity index (χ0n) is 8.92. The van der Waals surface area contributed by atoms with Gasteiger partial charge in [-0.05, 0) is 18.4 Å². The zero-order chi connectivity index (χ0) is 9.15. The van der Waals surface area contributed by atoms with Crippen LogP contribution in [0.2, 0.25) is 0 Å². The van der Waals surface area contributed by atoms with E-state index in [1.165, 1.54) is 50.7 Å². The molecule has 14 heavy (non-hydrogen) atoms. The van der Waals surface area contributed by atoms with E-state index in [4.69, 9.17) is 0 Å². The topological polar surface area (TPSA) is 15.3 Å². The minimum Gasteiger partial charge on any atom is -0.316 e. The van der Waals surface area contributed by atoms with E-state index in [0.29, 0.717) is 5.41 Å². The molecular weight excluding hydrogens is 216 g/mol. The number of thioether (sulfide) groups is 1. The molecule has 0 amide bonds. The van der Waals surface area contributed by atoms with Gasteiger partial charge in [0.25, 0.3) is 0 Å². The first-order chi connectivity index (χ1) is 6.29. The molecule has 2 fully saturated rings. The van der Waals surface area contributed by atoms with E-state index in [1.807, 2.05) is 0 Å². The molecule has 0 saturated carbocycles. The fraction of sp³-hybridized carbons (Fsp3) is 1.00. The summed E-state index contributed by atoms with van der Waals surface area (Å²) < 4.78 is 0. The lowest BCUT2D eigenvalue weighted by Crippen LogP contribution is -2.41. The third-order valence-corrected chi connectivity index (χ3v) is 4.11. The molecule has 2 heterocycles. The van der Waals surface area contributed by atoms with Crippen molar-refractivity contribution in [3.05, 3.63) is 0 Å². The predicted octanol–water partition coefficient (Wildman–Crippen LogP) is 1.46. The SMILES string of the molecule is CC1(CN2CCSCC2)CCNC1.Cl. The quantitative estimate of drug-likeness (QED) is 0.782. The Morgan fingerprint density at radius 3 is 2.64 bits per heavy atom. The summed E-state index contributed by atoms with van der Waals surface area (Å²) in [6.45, 7) is 8.78. The van der Waals surface area contributed by atoms with Crippen LogP contribution in [0.5, 0.6) is 0 Å². The highest BCUT2D eigenvalue weighted by Gasteiger charge is 2.30. The van der Waals surface area contributed by atoms with Crippen LogP contribution in [0.1, 0.15) is 13.3 Å². The van der Waals surface area contributed by atoms with Crippen molar-refractivity contribution in [1.29, 1.82) is 0 Å². The third-order valence-electron chi connectivity index (χ3n) is 3.17. The van der Waals surface area contributed by atoms with Crippen LogP contribution in [0.15, 0.2) is 0 Å². The molecule has 84 valence electrons. The maximum atomic E-state index is 3.47. The largest absolute Gasteiger partial charge is 0.316 e. The molecule has 2 saturated heterocycles. The summed E-state index contributed by atoms with van der Waals surface area (Å²) in [4.78, 5) is 2.64. The molecular formula is C10H21ClN2S. The van der Waals surface area contributed by atoms with Crippen molar-refractivity contribution in [1.82, 2.24) is 10.2 Å². The summed E-state index contributed by atoms with van der Waals surface area (Å²) in [6, 6.07) is 0. The van der Waals surface area contributed by atoms with E-state index in [2.05, 4.69) is 28.9 Å². The molecule has 0 spiro atoms. The molecule has 2 nitrogen and oxygen atoms in total. The van der Waals surface area contributed by atoms with Crippen LogP contribution in [-0.2, 0) is 0 Å². The predicted molar refractivity (Wildman–Crippen MR) is 66.6 cm³/mol. The van der Waals surface area contributed by atoms with Crippen LogP contribution in [0.25, 0.3) is 0 Å². The lowest BCUT2D eigenvalue weighted by atomic mass is 9.89. The maximum Gasteiger partial charge on any atom is 0.00729 e. The van der Waals surface area contributed by atoms with E-state index in [1.54, 1.807) is 0 Å². The van der Waals surface area contributed by atoms with Crippen molar-refractivity contribution in [3.8, 4) is 0 Å². The second-order valence-electron chi connectivity index (χ2n) is 4.63. The van der Waals surface area contributed by atoms with Crippen LogP contribution in [0.3, 0.4) is 0 Å². The highest BCUT2D eigenvalue weighted by atomic mass is 35.5. The van der Waals surface area contributed by atoms with E-state index in [9.17, 15) is 0 Å². The molecule has 2 aliphatic heterocycles. The van der Waals surface area contributed by atoms with Crippen LogP contribution < -0.4 is 5.32 Å². The van der Waals surface area contributed by atoms with Crippen LogP contribution in [-0.4, -0.2) is 49.1 Å². The molecule has 1 unspecified atom stereocenters. The van der Waals surface area contributed by atoms with Gasteiger partial charge >= 0.3 is 0 Å². The second-order valence-corrected chi connectivity index (χ2v) is 5.85. The van der Waals surface area contributed by atoms with Gasteiger partial charge in [-0.3, -0.25) is 0 Å². The molecule has 2 rings (SSSR count). The van der Waals surface area contributed by atoms with Crippen LogP contribution >= 0.6 is 24.2 Å². The minimum absolute atomic E-state index is 0. The van der Waals surface area contributed by atoms with Gasteiger partial charge in [-0.1, -0.05) is 6.92 Å². The Balaban J connectivity index is 0.000000980. The molecule has 0 aromatic heterocycles. The minimum atomic E-state index is 0. The van der Waals surface area contributed by atoms with Gasteiger partial charge in [-0.25, -0.2) is 0 Å². The Morgan fingerprint density at radius 2 is 2.07 bits per heavy atom. The van der Waals surface area contributed by atoms with Gasteiger partial charge in [-0.2, -0.15) is 11.8 Å². The van der Waals surface area contributed by atoms with Crippen molar-refractivity contribution in [2.24, 2.45) is 5.41 Å². The molecule has 0 radical (unpaired) electrons. The average Bonchev–Trinajstić information content (AvgIpc) is 2.54. The number of nitrogens with one attached hydrogen (secondary N) is 1.